The maximum Gasteiger partial charge on any atom is 0.401 e. The molecular formula is C22H32F3N3O. The number of halogens is 3. The molecule has 1 saturated heterocycles. The lowest BCUT2D eigenvalue weighted by atomic mass is 10.0. The molecule has 0 radical (unpaired) electrons. The van der Waals surface area contributed by atoms with Crippen molar-refractivity contribution < 1.29 is 18.0 Å². The summed E-state index contributed by atoms with van der Waals surface area (Å²) in [7, 11) is 0. The predicted molar refractivity (Wildman–Crippen MR) is 108 cm³/mol. The predicted octanol–water partition coefficient (Wildman–Crippen LogP) is 3.58. The standard InChI is InChI=1S/C22H32F3N3O/c1-2-3-4-17(7-8-18-13-20(18)26-14-16-5-6-16)21(29)27-19-9-11-28(12-10-19)15-22(23,24)25/h2-4,7-8,16,18-20,26H,5-6,9-15H2,1H3,(H,27,29)/b3-2-,8-7+,17-4+. The quantitative estimate of drug-likeness (QED) is 0.450. The third-order valence-electron chi connectivity index (χ3n) is 5.78. The number of carbonyl (C=O) groups is 1. The van der Waals surface area contributed by atoms with Crippen molar-refractivity contribution in [1.29, 1.82) is 0 Å². The van der Waals surface area contributed by atoms with Gasteiger partial charge in [-0.2, -0.15) is 13.2 Å². The first-order chi connectivity index (χ1) is 13.8. The van der Waals surface area contributed by atoms with Crippen LogP contribution in [0.25, 0.3) is 0 Å². The molecule has 3 rings (SSSR count). The Labute approximate surface area is 171 Å². The number of rotatable bonds is 9. The minimum absolute atomic E-state index is 0.0803. The van der Waals surface area contributed by atoms with Gasteiger partial charge in [-0.25, -0.2) is 0 Å². The van der Waals surface area contributed by atoms with E-state index in [1.807, 2.05) is 25.2 Å². The molecule has 3 aliphatic rings. The summed E-state index contributed by atoms with van der Waals surface area (Å²) < 4.78 is 37.5. The van der Waals surface area contributed by atoms with E-state index in [1.54, 1.807) is 6.08 Å². The van der Waals surface area contributed by atoms with E-state index in [9.17, 15) is 18.0 Å². The molecule has 3 fully saturated rings. The van der Waals surface area contributed by atoms with Gasteiger partial charge in [0, 0.05) is 30.7 Å². The van der Waals surface area contributed by atoms with E-state index in [0.29, 0.717) is 43.5 Å². The lowest BCUT2D eigenvalue weighted by molar-refractivity contribution is -0.148. The maximum absolute atomic E-state index is 12.7. The number of carbonyl (C=O) groups excluding carboxylic acids is 1. The molecule has 29 heavy (non-hydrogen) atoms. The fourth-order valence-corrected chi connectivity index (χ4v) is 3.69. The average Bonchev–Trinajstić information content (AvgIpc) is 3.56. The number of allylic oxidation sites excluding steroid dienone is 3. The number of piperidine rings is 1. The van der Waals surface area contributed by atoms with E-state index in [1.165, 1.54) is 17.7 Å². The van der Waals surface area contributed by atoms with Gasteiger partial charge in [0.1, 0.15) is 0 Å². The van der Waals surface area contributed by atoms with Gasteiger partial charge in [0.05, 0.1) is 6.54 Å². The highest BCUT2D eigenvalue weighted by Gasteiger charge is 2.36. The van der Waals surface area contributed by atoms with Gasteiger partial charge in [-0.05, 0) is 63.5 Å². The van der Waals surface area contributed by atoms with E-state index in [-0.39, 0.29) is 11.9 Å². The van der Waals surface area contributed by atoms with Crippen LogP contribution in [0.4, 0.5) is 13.2 Å². The number of likely N-dealkylation sites (tertiary alicyclic amines) is 1. The Morgan fingerprint density at radius 2 is 1.90 bits per heavy atom. The number of nitrogens with one attached hydrogen (secondary N) is 2. The molecular weight excluding hydrogens is 379 g/mol. The van der Waals surface area contributed by atoms with Gasteiger partial charge in [-0.3, -0.25) is 9.69 Å². The molecule has 1 amide bonds. The Bertz CT molecular complexity index is 644. The summed E-state index contributed by atoms with van der Waals surface area (Å²) in [6.45, 7) is 2.82. The van der Waals surface area contributed by atoms with Crippen molar-refractivity contribution in [3.05, 3.63) is 36.0 Å². The lowest BCUT2D eigenvalue weighted by Crippen LogP contribution is -2.47. The van der Waals surface area contributed by atoms with Gasteiger partial charge in [0.25, 0.3) is 5.91 Å². The third kappa shape index (κ3) is 7.97. The number of hydrogen-bond donors (Lipinski definition) is 2. The molecule has 4 nitrogen and oxygen atoms in total. The summed E-state index contributed by atoms with van der Waals surface area (Å²) in [5.74, 6) is 1.18. The Morgan fingerprint density at radius 1 is 1.17 bits per heavy atom. The normalized spacial score (nSPS) is 27.1. The van der Waals surface area contributed by atoms with Gasteiger partial charge >= 0.3 is 6.18 Å². The molecule has 162 valence electrons. The maximum atomic E-state index is 12.7. The van der Waals surface area contributed by atoms with Crippen LogP contribution in [0.15, 0.2) is 36.0 Å². The van der Waals surface area contributed by atoms with Crippen LogP contribution in [0, 0.1) is 11.8 Å². The van der Waals surface area contributed by atoms with Gasteiger partial charge in [-0.15, -0.1) is 0 Å². The monoisotopic (exact) mass is 411 g/mol. The first-order valence-electron chi connectivity index (χ1n) is 10.7. The van der Waals surface area contributed by atoms with Crippen molar-refractivity contribution in [1.82, 2.24) is 15.5 Å². The highest BCUT2D eigenvalue weighted by Crippen LogP contribution is 2.34. The lowest BCUT2D eigenvalue weighted by Gasteiger charge is -2.32. The number of nitrogens with zero attached hydrogens (tertiary/aromatic N) is 1. The number of amides is 1. The Hall–Kier alpha value is -1.60. The number of alkyl halides is 3. The van der Waals surface area contributed by atoms with Gasteiger partial charge in [-0.1, -0.05) is 24.3 Å². The molecule has 1 heterocycles. The summed E-state index contributed by atoms with van der Waals surface area (Å²) in [4.78, 5) is 14.1. The van der Waals surface area contributed by atoms with Crippen LogP contribution in [0.3, 0.4) is 0 Å². The molecule has 7 heteroatoms. The first kappa shape index (κ1) is 22.1. The fraction of sp³-hybridized carbons (Fsp3) is 0.682. The molecule has 0 aromatic heterocycles. The van der Waals surface area contributed by atoms with Crippen LogP contribution in [-0.4, -0.2) is 55.2 Å². The number of hydrogen-bond acceptors (Lipinski definition) is 3. The van der Waals surface area contributed by atoms with Crippen molar-refractivity contribution in [2.45, 2.75) is 57.3 Å². The second-order valence-corrected chi connectivity index (χ2v) is 8.50. The zero-order valence-corrected chi connectivity index (χ0v) is 17.0. The smallest absolute Gasteiger partial charge is 0.349 e. The molecule has 0 spiro atoms. The Balaban J connectivity index is 1.45. The van der Waals surface area contributed by atoms with E-state index in [4.69, 9.17) is 0 Å². The van der Waals surface area contributed by atoms with Crippen molar-refractivity contribution in [3.63, 3.8) is 0 Å². The molecule has 2 unspecified atom stereocenters. The molecule has 0 aromatic rings. The summed E-state index contributed by atoms with van der Waals surface area (Å²) in [5, 5.41) is 6.58. The van der Waals surface area contributed by atoms with Gasteiger partial charge < -0.3 is 10.6 Å². The highest BCUT2D eigenvalue weighted by molar-refractivity contribution is 5.96. The van der Waals surface area contributed by atoms with Crippen LogP contribution in [-0.2, 0) is 4.79 Å². The van der Waals surface area contributed by atoms with Crippen molar-refractivity contribution in [2.75, 3.05) is 26.2 Å². The molecule has 1 aliphatic heterocycles. The average molecular weight is 412 g/mol. The van der Waals surface area contributed by atoms with E-state index < -0.39 is 12.7 Å². The highest BCUT2D eigenvalue weighted by atomic mass is 19.4. The molecule has 2 aliphatic carbocycles. The van der Waals surface area contributed by atoms with Crippen LogP contribution >= 0.6 is 0 Å². The molecule has 0 aromatic carbocycles. The Kier molecular flexibility index (Phi) is 7.57. The third-order valence-corrected chi connectivity index (χ3v) is 5.78. The van der Waals surface area contributed by atoms with E-state index in [0.717, 1.165) is 18.9 Å². The van der Waals surface area contributed by atoms with Crippen LogP contribution in [0.1, 0.15) is 39.0 Å². The van der Waals surface area contributed by atoms with Gasteiger partial charge in [0.2, 0.25) is 0 Å². The molecule has 2 N–H and O–H groups in total. The summed E-state index contributed by atoms with van der Waals surface area (Å²) in [6.07, 6.45) is 10.2. The van der Waals surface area contributed by atoms with Gasteiger partial charge in [0.15, 0.2) is 0 Å². The Morgan fingerprint density at radius 3 is 2.52 bits per heavy atom. The minimum atomic E-state index is -4.17. The fourth-order valence-electron chi connectivity index (χ4n) is 3.69. The van der Waals surface area contributed by atoms with E-state index >= 15 is 0 Å². The van der Waals surface area contributed by atoms with Crippen molar-refractivity contribution in [3.8, 4) is 0 Å². The summed E-state index contributed by atoms with van der Waals surface area (Å²) in [6, 6.07) is 0.444. The summed E-state index contributed by atoms with van der Waals surface area (Å²) in [5.41, 5.74) is 0.591. The van der Waals surface area contributed by atoms with Crippen LogP contribution in [0.2, 0.25) is 0 Å². The molecule has 2 saturated carbocycles. The zero-order chi connectivity index (χ0) is 20.9. The van der Waals surface area contributed by atoms with Crippen LogP contribution < -0.4 is 10.6 Å². The summed E-state index contributed by atoms with van der Waals surface area (Å²) >= 11 is 0. The molecule has 0 bridgehead atoms. The largest absolute Gasteiger partial charge is 0.401 e. The van der Waals surface area contributed by atoms with Crippen molar-refractivity contribution in [2.24, 2.45) is 11.8 Å². The molecule has 2 atom stereocenters. The first-order valence-corrected chi connectivity index (χ1v) is 10.7. The van der Waals surface area contributed by atoms with Crippen LogP contribution in [0.5, 0.6) is 0 Å². The second kappa shape index (κ2) is 9.94. The minimum Gasteiger partial charge on any atom is -0.349 e. The van der Waals surface area contributed by atoms with E-state index in [2.05, 4.69) is 16.7 Å². The topological polar surface area (TPSA) is 44.4 Å². The SMILES string of the molecule is C\C=C/C=C(\C=C\C1CC1NCC1CC1)C(=O)NC1CCN(CC(F)(F)F)CC1. The zero-order valence-electron chi connectivity index (χ0n) is 17.0. The second-order valence-electron chi connectivity index (χ2n) is 8.50. The van der Waals surface area contributed by atoms with Crippen molar-refractivity contribution >= 4 is 5.91 Å².